The van der Waals surface area contributed by atoms with Crippen LogP contribution in [0, 0.1) is 13.8 Å². The Morgan fingerprint density at radius 1 is 1.10 bits per heavy atom. The Labute approximate surface area is 173 Å². The van der Waals surface area contributed by atoms with Gasteiger partial charge in [-0.25, -0.2) is 13.1 Å². The van der Waals surface area contributed by atoms with Gasteiger partial charge in [-0.3, -0.25) is 9.69 Å². The lowest BCUT2D eigenvalue weighted by Crippen LogP contribution is -2.37. The summed E-state index contributed by atoms with van der Waals surface area (Å²) in [5.41, 5.74) is 2.95. The first-order valence-corrected chi connectivity index (χ1v) is 11.4. The van der Waals surface area contributed by atoms with E-state index in [1.54, 1.807) is 13.0 Å². The van der Waals surface area contributed by atoms with Crippen molar-refractivity contribution in [3.8, 4) is 0 Å². The van der Waals surface area contributed by atoms with Gasteiger partial charge < -0.3 is 5.32 Å². The number of rotatable bonds is 7. The second-order valence-corrected chi connectivity index (χ2v) is 9.36. The predicted octanol–water partition coefficient (Wildman–Crippen LogP) is 2.78. The Balaban J connectivity index is 1.82. The van der Waals surface area contributed by atoms with Gasteiger partial charge in [0.25, 0.3) is 5.91 Å². The van der Waals surface area contributed by atoms with Crippen molar-refractivity contribution in [3.63, 3.8) is 0 Å². The maximum atomic E-state index is 12.9. The number of hydrogen-bond acceptors (Lipinski definition) is 4. The van der Waals surface area contributed by atoms with Crippen molar-refractivity contribution in [2.45, 2.75) is 37.6 Å². The largest absolute Gasteiger partial charge is 0.350 e. The summed E-state index contributed by atoms with van der Waals surface area (Å²) < 4.78 is 27.0. The molecule has 156 valence electrons. The number of benzene rings is 2. The van der Waals surface area contributed by atoms with E-state index in [1.807, 2.05) is 25.1 Å². The van der Waals surface area contributed by atoms with Crippen LogP contribution in [-0.4, -0.2) is 45.9 Å². The second kappa shape index (κ2) is 9.07. The molecule has 0 aliphatic carbocycles. The molecule has 6 nitrogen and oxygen atoms in total. The second-order valence-electron chi connectivity index (χ2n) is 7.50. The average molecular weight is 416 g/mol. The molecule has 3 rings (SSSR count). The van der Waals surface area contributed by atoms with Gasteiger partial charge in [0.1, 0.15) is 0 Å². The number of amides is 1. The van der Waals surface area contributed by atoms with Crippen LogP contribution in [0.4, 0.5) is 0 Å². The lowest BCUT2D eigenvalue weighted by molar-refractivity contribution is 0.0937. The van der Waals surface area contributed by atoms with Crippen molar-refractivity contribution < 1.29 is 13.2 Å². The molecule has 1 unspecified atom stereocenters. The highest BCUT2D eigenvalue weighted by Crippen LogP contribution is 2.25. The van der Waals surface area contributed by atoms with E-state index in [0.29, 0.717) is 17.7 Å². The van der Waals surface area contributed by atoms with Crippen LogP contribution in [0.3, 0.4) is 0 Å². The molecule has 0 aromatic heterocycles. The maximum absolute atomic E-state index is 12.9. The SMILES string of the molecule is CNS(=O)(=O)c1cc(C(=O)NCC(c2ccccc2)N2CCCC2)cc(C)c1C. The summed E-state index contributed by atoms with van der Waals surface area (Å²) in [6.07, 6.45) is 2.33. The van der Waals surface area contributed by atoms with Gasteiger partial charge in [0.2, 0.25) is 10.0 Å². The van der Waals surface area contributed by atoms with Crippen LogP contribution in [0.1, 0.15) is 45.9 Å². The zero-order chi connectivity index (χ0) is 21.0. The molecule has 2 aromatic carbocycles. The standard InChI is InChI=1S/C22H29N3O3S/c1-16-13-19(14-21(17(16)2)29(27,28)23-3)22(26)24-15-20(25-11-7-8-12-25)18-9-5-4-6-10-18/h4-6,9-10,13-14,20,23H,7-8,11-12,15H2,1-3H3,(H,24,26). The quantitative estimate of drug-likeness (QED) is 0.729. The molecule has 1 aliphatic heterocycles. The Morgan fingerprint density at radius 3 is 2.38 bits per heavy atom. The van der Waals surface area contributed by atoms with E-state index >= 15 is 0 Å². The molecule has 1 saturated heterocycles. The van der Waals surface area contributed by atoms with Gasteiger partial charge in [0.15, 0.2) is 0 Å². The van der Waals surface area contributed by atoms with Crippen molar-refractivity contribution in [2.75, 3.05) is 26.7 Å². The lowest BCUT2D eigenvalue weighted by atomic mass is 10.0. The van der Waals surface area contributed by atoms with E-state index in [-0.39, 0.29) is 16.8 Å². The first-order valence-electron chi connectivity index (χ1n) is 9.95. The van der Waals surface area contributed by atoms with Crippen molar-refractivity contribution in [2.24, 2.45) is 0 Å². The van der Waals surface area contributed by atoms with Crippen LogP contribution in [0.25, 0.3) is 0 Å². The Hall–Kier alpha value is -2.22. The fourth-order valence-electron chi connectivity index (χ4n) is 3.82. The number of sulfonamides is 1. The van der Waals surface area contributed by atoms with Gasteiger partial charge in [0.05, 0.1) is 10.9 Å². The number of nitrogens with one attached hydrogen (secondary N) is 2. The molecule has 1 fully saturated rings. The molecule has 2 aromatic rings. The molecule has 0 saturated carbocycles. The maximum Gasteiger partial charge on any atom is 0.251 e. The number of nitrogens with zero attached hydrogens (tertiary/aromatic N) is 1. The summed E-state index contributed by atoms with van der Waals surface area (Å²) in [4.78, 5) is 15.4. The van der Waals surface area contributed by atoms with E-state index < -0.39 is 10.0 Å². The molecule has 0 bridgehead atoms. The number of carbonyl (C=O) groups is 1. The third-order valence-corrected chi connectivity index (χ3v) is 7.20. The zero-order valence-electron chi connectivity index (χ0n) is 17.2. The highest BCUT2D eigenvalue weighted by molar-refractivity contribution is 7.89. The summed E-state index contributed by atoms with van der Waals surface area (Å²) in [6, 6.07) is 13.5. The van der Waals surface area contributed by atoms with Crippen LogP contribution in [0.5, 0.6) is 0 Å². The molecule has 1 heterocycles. The van der Waals surface area contributed by atoms with Crippen LogP contribution in [-0.2, 0) is 10.0 Å². The molecule has 29 heavy (non-hydrogen) atoms. The molecular weight excluding hydrogens is 386 g/mol. The number of carbonyl (C=O) groups excluding carboxylic acids is 1. The van der Waals surface area contributed by atoms with Gasteiger partial charge in [-0.05, 0) is 75.6 Å². The first kappa shape index (κ1) is 21.5. The minimum atomic E-state index is -3.63. The van der Waals surface area contributed by atoms with Crippen molar-refractivity contribution in [1.82, 2.24) is 14.9 Å². The number of likely N-dealkylation sites (tertiary alicyclic amines) is 1. The highest BCUT2D eigenvalue weighted by atomic mass is 32.2. The van der Waals surface area contributed by atoms with E-state index in [4.69, 9.17) is 0 Å². The van der Waals surface area contributed by atoms with Gasteiger partial charge >= 0.3 is 0 Å². The van der Waals surface area contributed by atoms with E-state index in [2.05, 4.69) is 27.1 Å². The molecule has 7 heteroatoms. The van der Waals surface area contributed by atoms with E-state index in [0.717, 1.165) is 18.7 Å². The lowest BCUT2D eigenvalue weighted by Gasteiger charge is -2.28. The Kier molecular flexibility index (Phi) is 6.72. The van der Waals surface area contributed by atoms with E-state index in [9.17, 15) is 13.2 Å². The van der Waals surface area contributed by atoms with Gasteiger partial charge in [-0.1, -0.05) is 30.3 Å². The Bertz CT molecular complexity index is 968. The van der Waals surface area contributed by atoms with Crippen LogP contribution >= 0.6 is 0 Å². The highest BCUT2D eigenvalue weighted by Gasteiger charge is 2.25. The Morgan fingerprint density at radius 2 is 1.76 bits per heavy atom. The van der Waals surface area contributed by atoms with Crippen LogP contribution in [0.2, 0.25) is 0 Å². The topological polar surface area (TPSA) is 78.5 Å². The van der Waals surface area contributed by atoms with E-state index in [1.165, 1.54) is 31.5 Å². The number of aryl methyl sites for hydroxylation is 1. The molecule has 2 N–H and O–H groups in total. The number of hydrogen-bond donors (Lipinski definition) is 2. The van der Waals surface area contributed by atoms with Gasteiger partial charge in [0, 0.05) is 12.1 Å². The summed E-state index contributed by atoms with van der Waals surface area (Å²) in [6.45, 7) is 6.08. The van der Waals surface area contributed by atoms with Gasteiger partial charge in [-0.15, -0.1) is 0 Å². The summed E-state index contributed by atoms with van der Waals surface area (Å²) in [5.74, 6) is -0.263. The fourth-order valence-corrected chi connectivity index (χ4v) is 4.89. The molecular formula is C22H29N3O3S. The molecule has 0 radical (unpaired) electrons. The monoisotopic (exact) mass is 415 g/mol. The van der Waals surface area contributed by atoms with Crippen LogP contribution < -0.4 is 10.0 Å². The average Bonchev–Trinajstić information content (AvgIpc) is 3.25. The summed E-state index contributed by atoms with van der Waals surface area (Å²) in [7, 11) is -2.26. The smallest absolute Gasteiger partial charge is 0.251 e. The molecule has 0 spiro atoms. The first-order chi connectivity index (χ1) is 13.8. The van der Waals surface area contributed by atoms with Gasteiger partial charge in [-0.2, -0.15) is 0 Å². The zero-order valence-corrected chi connectivity index (χ0v) is 18.1. The van der Waals surface area contributed by atoms with Crippen LogP contribution in [0.15, 0.2) is 47.4 Å². The third kappa shape index (κ3) is 4.86. The predicted molar refractivity (Wildman–Crippen MR) is 114 cm³/mol. The van der Waals surface area contributed by atoms with Crippen molar-refractivity contribution >= 4 is 15.9 Å². The molecule has 1 amide bonds. The normalized spacial score (nSPS) is 16.0. The minimum absolute atomic E-state index is 0.106. The summed E-state index contributed by atoms with van der Waals surface area (Å²) in [5, 5.41) is 3.02. The molecule has 1 aliphatic rings. The van der Waals surface area contributed by atoms with Crippen molar-refractivity contribution in [1.29, 1.82) is 0 Å². The van der Waals surface area contributed by atoms with Crippen molar-refractivity contribution in [3.05, 3.63) is 64.7 Å². The molecule has 1 atom stereocenters. The minimum Gasteiger partial charge on any atom is -0.350 e. The fraction of sp³-hybridized carbons (Fsp3) is 0.409. The summed E-state index contributed by atoms with van der Waals surface area (Å²) >= 11 is 0. The third-order valence-electron chi connectivity index (χ3n) is 5.66.